The number of nitrogens with two attached hydrogens (primary N) is 1. The third-order valence-electron chi connectivity index (χ3n) is 4.13. The minimum absolute atomic E-state index is 0. The molecule has 3 rings (SSSR count). The van der Waals surface area contributed by atoms with Crippen LogP contribution in [-0.2, 0) is 13.1 Å². The number of nitrogens with zero attached hydrogens (tertiary/aromatic N) is 4. The van der Waals surface area contributed by atoms with E-state index in [-0.39, 0.29) is 24.8 Å². The first-order chi connectivity index (χ1) is 9.33. The zero-order valence-corrected chi connectivity index (χ0v) is 13.9. The molecule has 0 spiro atoms. The maximum atomic E-state index is 5.47. The molecule has 1 atom stereocenters. The Morgan fingerprint density at radius 2 is 1.90 bits per heavy atom. The molecule has 21 heavy (non-hydrogen) atoms. The molecule has 3 heterocycles. The van der Waals surface area contributed by atoms with Crippen LogP contribution in [0.5, 0.6) is 0 Å². The zero-order chi connectivity index (χ0) is 13.1. The summed E-state index contributed by atoms with van der Waals surface area (Å²) in [5.41, 5.74) is 5.47. The topological polar surface area (TPSA) is 71.4 Å². The van der Waals surface area contributed by atoms with Crippen molar-refractivity contribution in [2.45, 2.75) is 32.4 Å². The molecule has 8 heteroatoms. The van der Waals surface area contributed by atoms with E-state index in [2.05, 4.69) is 19.9 Å². The lowest BCUT2D eigenvalue weighted by Crippen LogP contribution is -2.29. The van der Waals surface area contributed by atoms with Gasteiger partial charge in [-0.05, 0) is 44.8 Å². The Hall–Kier alpha value is -0.400. The normalized spacial score (nSPS) is 23.0. The van der Waals surface area contributed by atoms with Crippen molar-refractivity contribution in [2.24, 2.45) is 11.7 Å². The van der Waals surface area contributed by atoms with Crippen molar-refractivity contribution in [2.75, 3.05) is 32.7 Å². The van der Waals surface area contributed by atoms with Gasteiger partial charge in [0.1, 0.15) is 0 Å². The number of halogens is 2. The van der Waals surface area contributed by atoms with Crippen LogP contribution in [0.1, 0.15) is 31.0 Å². The highest BCUT2D eigenvalue weighted by Crippen LogP contribution is 2.20. The first kappa shape index (κ1) is 18.6. The van der Waals surface area contributed by atoms with E-state index in [4.69, 9.17) is 10.3 Å². The fourth-order valence-corrected chi connectivity index (χ4v) is 3.17. The van der Waals surface area contributed by atoms with Crippen molar-refractivity contribution in [3.8, 4) is 0 Å². The largest absolute Gasteiger partial charge is 0.338 e. The molecule has 0 radical (unpaired) electrons. The lowest BCUT2D eigenvalue weighted by molar-refractivity contribution is 0.256. The summed E-state index contributed by atoms with van der Waals surface area (Å²) in [4.78, 5) is 9.29. The summed E-state index contributed by atoms with van der Waals surface area (Å²) in [5, 5.41) is 3.96. The van der Waals surface area contributed by atoms with Gasteiger partial charge in [-0.2, -0.15) is 4.98 Å². The van der Waals surface area contributed by atoms with Gasteiger partial charge in [-0.1, -0.05) is 5.16 Å². The number of rotatable bonds is 5. The standard InChI is InChI=1S/C13H23N5O.2ClH/c14-7-13-15-12(16-19-13)10-18-6-3-11(9-18)8-17-4-1-2-5-17;;/h11H,1-10,14H2;2*1H. The maximum absolute atomic E-state index is 5.47. The second-order valence-electron chi connectivity index (χ2n) is 5.71. The molecule has 2 saturated heterocycles. The molecule has 122 valence electrons. The molecule has 1 aromatic rings. The Morgan fingerprint density at radius 3 is 2.57 bits per heavy atom. The highest BCUT2D eigenvalue weighted by atomic mass is 35.5. The van der Waals surface area contributed by atoms with Crippen molar-refractivity contribution < 1.29 is 4.52 Å². The van der Waals surface area contributed by atoms with Gasteiger partial charge >= 0.3 is 0 Å². The molecule has 0 aromatic carbocycles. The minimum Gasteiger partial charge on any atom is -0.338 e. The van der Waals surface area contributed by atoms with Crippen molar-refractivity contribution in [1.29, 1.82) is 0 Å². The molecule has 6 nitrogen and oxygen atoms in total. The fraction of sp³-hybridized carbons (Fsp3) is 0.846. The van der Waals surface area contributed by atoms with E-state index >= 15 is 0 Å². The third kappa shape index (κ3) is 5.07. The summed E-state index contributed by atoms with van der Waals surface area (Å²) in [5.74, 6) is 2.10. The van der Waals surface area contributed by atoms with E-state index in [1.165, 1.54) is 38.9 Å². The van der Waals surface area contributed by atoms with Gasteiger partial charge in [-0.25, -0.2) is 0 Å². The van der Waals surface area contributed by atoms with E-state index in [1.54, 1.807) is 0 Å². The molecular formula is C13H25Cl2N5O. The predicted molar refractivity (Wildman–Crippen MR) is 85.7 cm³/mol. The van der Waals surface area contributed by atoms with E-state index in [9.17, 15) is 0 Å². The molecule has 0 amide bonds. The summed E-state index contributed by atoms with van der Waals surface area (Å²) >= 11 is 0. The summed E-state index contributed by atoms with van der Waals surface area (Å²) in [6.45, 7) is 7.26. The smallest absolute Gasteiger partial charge is 0.240 e. The molecule has 2 aliphatic rings. The summed E-state index contributed by atoms with van der Waals surface area (Å²) in [6, 6.07) is 0. The van der Waals surface area contributed by atoms with Crippen LogP contribution >= 0.6 is 24.8 Å². The van der Waals surface area contributed by atoms with Crippen LogP contribution in [-0.4, -0.2) is 52.7 Å². The van der Waals surface area contributed by atoms with Gasteiger partial charge in [-0.3, -0.25) is 4.90 Å². The number of hydrogen-bond donors (Lipinski definition) is 1. The number of likely N-dealkylation sites (tertiary alicyclic amines) is 2. The fourth-order valence-electron chi connectivity index (χ4n) is 3.17. The van der Waals surface area contributed by atoms with Crippen molar-refractivity contribution in [1.82, 2.24) is 19.9 Å². The van der Waals surface area contributed by atoms with Crippen LogP contribution in [0.2, 0.25) is 0 Å². The lowest BCUT2D eigenvalue weighted by atomic mass is 10.1. The Labute approximate surface area is 138 Å². The third-order valence-corrected chi connectivity index (χ3v) is 4.13. The summed E-state index contributed by atoms with van der Waals surface area (Å²) < 4.78 is 5.04. The molecule has 1 unspecified atom stereocenters. The van der Waals surface area contributed by atoms with Crippen LogP contribution in [0.15, 0.2) is 4.52 Å². The van der Waals surface area contributed by atoms with Crippen molar-refractivity contribution in [3.63, 3.8) is 0 Å². The van der Waals surface area contributed by atoms with Gasteiger partial charge in [0.25, 0.3) is 0 Å². The van der Waals surface area contributed by atoms with E-state index < -0.39 is 0 Å². The van der Waals surface area contributed by atoms with Crippen LogP contribution in [0.4, 0.5) is 0 Å². The highest BCUT2D eigenvalue weighted by Gasteiger charge is 2.26. The van der Waals surface area contributed by atoms with Crippen LogP contribution < -0.4 is 5.73 Å². The van der Waals surface area contributed by atoms with Crippen molar-refractivity contribution in [3.05, 3.63) is 11.7 Å². The maximum Gasteiger partial charge on any atom is 0.240 e. The van der Waals surface area contributed by atoms with Gasteiger partial charge < -0.3 is 15.2 Å². The Morgan fingerprint density at radius 1 is 1.14 bits per heavy atom. The van der Waals surface area contributed by atoms with Gasteiger partial charge in [0.05, 0.1) is 13.1 Å². The molecule has 1 aromatic heterocycles. The number of hydrogen-bond acceptors (Lipinski definition) is 6. The average molecular weight is 338 g/mol. The van der Waals surface area contributed by atoms with Crippen LogP contribution in [0, 0.1) is 5.92 Å². The van der Waals surface area contributed by atoms with Crippen LogP contribution in [0.3, 0.4) is 0 Å². The number of aromatic nitrogens is 2. The first-order valence-electron chi connectivity index (χ1n) is 7.29. The Bertz CT molecular complexity index is 411. The van der Waals surface area contributed by atoms with Gasteiger partial charge in [0, 0.05) is 13.1 Å². The first-order valence-corrected chi connectivity index (χ1v) is 7.29. The van der Waals surface area contributed by atoms with E-state index in [1.807, 2.05) is 0 Å². The SMILES string of the molecule is Cl.Cl.NCc1nc(CN2CCC(CN3CCCC3)C2)no1. The Balaban J connectivity index is 0.00000110. The van der Waals surface area contributed by atoms with Crippen molar-refractivity contribution >= 4 is 24.8 Å². The van der Waals surface area contributed by atoms with Crippen LogP contribution in [0.25, 0.3) is 0 Å². The predicted octanol–water partition coefficient (Wildman–Crippen LogP) is 1.29. The lowest BCUT2D eigenvalue weighted by Gasteiger charge is -2.20. The second kappa shape index (κ2) is 8.90. The molecule has 0 aliphatic carbocycles. The molecule has 2 N–H and O–H groups in total. The molecule has 2 aliphatic heterocycles. The summed E-state index contributed by atoms with van der Waals surface area (Å²) in [6.07, 6.45) is 4.04. The average Bonchev–Trinajstić information content (AvgIpc) is 3.13. The zero-order valence-electron chi connectivity index (χ0n) is 12.2. The molecular weight excluding hydrogens is 313 g/mol. The monoisotopic (exact) mass is 337 g/mol. The van der Waals surface area contributed by atoms with E-state index in [0.29, 0.717) is 12.4 Å². The van der Waals surface area contributed by atoms with Gasteiger partial charge in [0.2, 0.25) is 5.89 Å². The van der Waals surface area contributed by atoms with Gasteiger partial charge in [0.15, 0.2) is 5.82 Å². The highest BCUT2D eigenvalue weighted by molar-refractivity contribution is 5.85. The minimum atomic E-state index is 0. The molecule has 0 bridgehead atoms. The molecule has 0 saturated carbocycles. The quantitative estimate of drug-likeness (QED) is 0.872. The van der Waals surface area contributed by atoms with Gasteiger partial charge in [-0.15, -0.1) is 24.8 Å². The molecule has 2 fully saturated rings. The van der Waals surface area contributed by atoms with E-state index in [0.717, 1.165) is 31.4 Å². The Kier molecular flexibility index (Phi) is 7.90. The second-order valence-corrected chi connectivity index (χ2v) is 5.71. The summed E-state index contributed by atoms with van der Waals surface area (Å²) in [7, 11) is 0.